The lowest BCUT2D eigenvalue weighted by Gasteiger charge is -2.23. The van der Waals surface area contributed by atoms with E-state index < -0.39 is 11.3 Å². The Kier molecular flexibility index (Phi) is 7.94. The third-order valence-corrected chi connectivity index (χ3v) is 5.18. The number of hydrogen-bond acceptors (Lipinski definition) is 3. The van der Waals surface area contributed by atoms with E-state index in [-0.39, 0.29) is 16.5 Å². The molecule has 0 atom stereocenters. The van der Waals surface area contributed by atoms with Crippen molar-refractivity contribution >= 4 is 35.0 Å². The normalized spacial score (nSPS) is 11.1. The molecule has 2 N–H and O–H groups in total. The van der Waals surface area contributed by atoms with Crippen LogP contribution in [-0.2, 0) is 4.79 Å². The van der Waals surface area contributed by atoms with Crippen LogP contribution in [0.1, 0.15) is 48.2 Å². The molecule has 7 heteroatoms. The van der Waals surface area contributed by atoms with Gasteiger partial charge < -0.3 is 4.74 Å². The summed E-state index contributed by atoms with van der Waals surface area (Å²) in [6, 6.07) is 10.6. The van der Waals surface area contributed by atoms with Crippen LogP contribution in [0.15, 0.2) is 36.4 Å². The van der Waals surface area contributed by atoms with Gasteiger partial charge in [-0.3, -0.25) is 20.4 Å². The number of amides is 2. The minimum Gasteiger partial charge on any atom is -0.493 e. The van der Waals surface area contributed by atoms with Crippen molar-refractivity contribution in [1.29, 1.82) is 0 Å². The maximum atomic E-state index is 12.5. The Bertz CT molecular complexity index is 898. The lowest BCUT2D eigenvalue weighted by atomic mass is 9.87. The highest BCUT2D eigenvalue weighted by molar-refractivity contribution is 6.36. The lowest BCUT2D eigenvalue weighted by molar-refractivity contribution is -0.130. The van der Waals surface area contributed by atoms with Crippen molar-refractivity contribution in [2.24, 2.45) is 5.41 Å². The Morgan fingerprint density at radius 2 is 1.76 bits per heavy atom. The quantitative estimate of drug-likeness (QED) is 0.459. The topological polar surface area (TPSA) is 67.4 Å². The summed E-state index contributed by atoms with van der Waals surface area (Å²) < 4.78 is 5.84. The highest BCUT2D eigenvalue weighted by atomic mass is 35.5. The zero-order valence-corrected chi connectivity index (χ0v) is 18.6. The number of hydrogen-bond donors (Lipinski definition) is 2. The average molecular weight is 437 g/mol. The molecule has 2 rings (SSSR count). The molecule has 0 fully saturated rings. The summed E-state index contributed by atoms with van der Waals surface area (Å²) in [6.07, 6.45) is 1.30. The van der Waals surface area contributed by atoms with Crippen molar-refractivity contribution < 1.29 is 14.3 Å². The van der Waals surface area contributed by atoms with E-state index in [4.69, 9.17) is 27.9 Å². The van der Waals surface area contributed by atoms with E-state index in [0.717, 1.165) is 16.9 Å². The largest absolute Gasteiger partial charge is 0.493 e. The van der Waals surface area contributed by atoms with E-state index in [1.54, 1.807) is 6.07 Å². The highest BCUT2D eigenvalue weighted by Crippen LogP contribution is 2.24. The molecule has 0 unspecified atom stereocenters. The van der Waals surface area contributed by atoms with Gasteiger partial charge in [0.2, 0.25) is 5.91 Å². The summed E-state index contributed by atoms with van der Waals surface area (Å²) in [5.41, 5.74) is 6.64. The minimum absolute atomic E-state index is 0.215. The number of carbonyl (C=O) groups is 2. The summed E-state index contributed by atoms with van der Waals surface area (Å²) >= 11 is 11.8. The Morgan fingerprint density at radius 3 is 2.45 bits per heavy atom. The number of rotatable bonds is 7. The van der Waals surface area contributed by atoms with Crippen LogP contribution >= 0.6 is 23.2 Å². The number of aryl methyl sites for hydroxylation is 2. The number of nitrogens with one attached hydrogen (secondary N) is 2. The SMILES string of the molecule is Cc1ccc(C)c(OCCCC(C)(C)C(=O)NNC(=O)c2ccc(Cl)cc2Cl)c1. The average Bonchev–Trinajstić information content (AvgIpc) is 2.65. The molecule has 0 saturated heterocycles. The second-order valence-electron chi connectivity index (χ2n) is 7.64. The van der Waals surface area contributed by atoms with Crippen molar-refractivity contribution in [3.63, 3.8) is 0 Å². The molecule has 0 saturated carbocycles. The van der Waals surface area contributed by atoms with E-state index in [1.165, 1.54) is 12.1 Å². The van der Waals surface area contributed by atoms with Gasteiger partial charge in [-0.05, 0) is 62.1 Å². The molecule has 2 aromatic carbocycles. The summed E-state index contributed by atoms with van der Waals surface area (Å²) in [4.78, 5) is 24.7. The van der Waals surface area contributed by atoms with Gasteiger partial charge in [-0.25, -0.2) is 0 Å². The molecular weight excluding hydrogens is 411 g/mol. The van der Waals surface area contributed by atoms with Gasteiger partial charge in [0, 0.05) is 10.4 Å². The molecule has 0 aromatic heterocycles. The van der Waals surface area contributed by atoms with E-state index >= 15 is 0 Å². The summed E-state index contributed by atoms with van der Waals surface area (Å²) in [5, 5.41) is 0.645. The first-order chi connectivity index (χ1) is 13.6. The van der Waals surface area contributed by atoms with E-state index in [0.29, 0.717) is 24.5 Å². The zero-order valence-electron chi connectivity index (χ0n) is 17.1. The van der Waals surface area contributed by atoms with Crippen molar-refractivity contribution in [2.45, 2.75) is 40.5 Å². The second kappa shape index (κ2) is 9.99. The smallest absolute Gasteiger partial charge is 0.271 e. The van der Waals surface area contributed by atoms with Crippen molar-refractivity contribution in [3.8, 4) is 5.75 Å². The summed E-state index contributed by atoms with van der Waals surface area (Å²) in [5.74, 6) is 0.0658. The second-order valence-corrected chi connectivity index (χ2v) is 8.48. The van der Waals surface area contributed by atoms with Crippen molar-refractivity contribution in [1.82, 2.24) is 10.9 Å². The van der Waals surface area contributed by atoms with Crippen LogP contribution in [0.25, 0.3) is 0 Å². The van der Waals surface area contributed by atoms with Crippen LogP contribution in [-0.4, -0.2) is 18.4 Å². The molecule has 29 heavy (non-hydrogen) atoms. The first-order valence-corrected chi connectivity index (χ1v) is 10.1. The Labute approximate surface area is 181 Å². The van der Waals surface area contributed by atoms with Crippen LogP contribution in [0.2, 0.25) is 10.0 Å². The van der Waals surface area contributed by atoms with Gasteiger partial charge in [-0.1, -0.05) is 49.2 Å². The van der Waals surface area contributed by atoms with Crippen LogP contribution in [0.4, 0.5) is 0 Å². The van der Waals surface area contributed by atoms with E-state index in [9.17, 15) is 9.59 Å². The summed E-state index contributed by atoms with van der Waals surface area (Å²) in [7, 11) is 0. The molecule has 0 aliphatic heterocycles. The van der Waals surface area contributed by atoms with Crippen LogP contribution < -0.4 is 15.6 Å². The van der Waals surface area contributed by atoms with Gasteiger partial charge in [-0.2, -0.15) is 0 Å². The number of benzene rings is 2. The molecule has 2 aromatic rings. The number of hydrazine groups is 1. The third kappa shape index (κ3) is 6.65. The fraction of sp³-hybridized carbons (Fsp3) is 0.364. The van der Waals surface area contributed by atoms with E-state index in [1.807, 2.05) is 45.9 Å². The molecular formula is C22H26Cl2N2O3. The van der Waals surface area contributed by atoms with Crippen LogP contribution in [0, 0.1) is 19.3 Å². The number of halogens is 2. The lowest BCUT2D eigenvalue weighted by Crippen LogP contribution is -2.47. The molecule has 2 amide bonds. The standard InChI is InChI=1S/C22H26Cl2N2O3/c1-14-6-7-15(2)19(12-14)29-11-5-10-22(3,4)21(28)26-25-20(27)17-9-8-16(23)13-18(17)24/h6-9,12-13H,5,10-11H2,1-4H3,(H,25,27)(H,26,28). The number of ether oxygens (including phenoxy) is 1. The first kappa shape index (κ1) is 23.0. The highest BCUT2D eigenvalue weighted by Gasteiger charge is 2.27. The van der Waals surface area contributed by atoms with Gasteiger partial charge in [0.25, 0.3) is 5.91 Å². The molecule has 0 heterocycles. The fourth-order valence-electron chi connectivity index (χ4n) is 2.70. The van der Waals surface area contributed by atoms with Gasteiger partial charge >= 0.3 is 0 Å². The van der Waals surface area contributed by atoms with Crippen LogP contribution in [0.5, 0.6) is 5.75 Å². The zero-order chi connectivity index (χ0) is 21.6. The minimum atomic E-state index is -0.678. The maximum Gasteiger partial charge on any atom is 0.271 e. The Hall–Kier alpha value is -2.24. The monoisotopic (exact) mass is 436 g/mol. The van der Waals surface area contributed by atoms with Crippen molar-refractivity contribution in [2.75, 3.05) is 6.61 Å². The molecule has 0 aliphatic rings. The Morgan fingerprint density at radius 1 is 1.03 bits per heavy atom. The maximum absolute atomic E-state index is 12.5. The summed E-state index contributed by atoms with van der Waals surface area (Å²) in [6.45, 7) is 8.17. The first-order valence-electron chi connectivity index (χ1n) is 9.36. The third-order valence-electron chi connectivity index (χ3n) is 4.63. The van der Waals surface area contributed by atoms with Gasteiger partial charge in [-0.15, -0.1) is 0 Å². The molecule has 5 nitrogen and oxygen atoms in total. The molecule has 0 aliphatic carbocycles. The molecule has 0 radical (unpaired) electrons. The molecule has 0 spiro atoms. The number of carbonyl (C=O) groups excluding carboxylic acids is 2. The van der Waals surface area contributed by atoms with Crippen molar-refractivity contribution in [3.05, 3.63) is 63.1 Å². The van der Waals surface area contributed by atoms with Crippen LogP contribution in [0.3, 0.4) is 0 Å². The van der Waals surface area contributed by atoms with Gasteiger partial charge in [0.05, 0.1) is 17.2 Å². The van der Waals surface area contributed by atoms with Gasteiger partial charge in [0.1, 0.15) is 5.75 Å². The predicted molar refractivity (Wildman–Crippen MR) is 116 cm³/mol. The van der Waals surface area contributed by atoms with Gasteiger partial charge in [0.15, 0.2) is 0 Å². The van der Waals surface area contributed by atoms with E-state index in [2.05, 4.69) is 10.9 Å². The fourth-order valence-corrected chi connectivity index (χ4v) is 3.19. The molecule has 0 bridgehead atoms. The molecule has 156 valence electrons. The predicted octanol–water partition coefficient (Wildman–Crippen LogP) is 5.26. The Balaban J connectivity index is 1.81.